The molecular weight excluding hydrogens is 575 g/mol. The van der Waals surface area contributed by atoms with Crippen LogP contribution in [0.5, 0.6) is 0 Å². The summed E-state index contributed by atoms with van der Waals surface area (Å²) in [4.78, 5) is 0. The molecule has 0 aliphatic rings. The van der Waals surface area contributed by atoms with Crippen molar-refractivity contribution in [2.45, 2.75) is 231 Å². The number of ether oxygens (including phenoxy) is 1. The number of alkyl halides is 2. The van der Waals surface area contributed by atoms with Gasteiger partial charge in [-0.25, -0.2) is 0 Å². The van der Waals surface area contributed by atoms with E-state index in [1.165, 1.54) is 89.9 Å². The second-order valence-electron chi connectivity index (χ2n) is 13.8. The van der Waals surface area contributed by atoms with Gasteiger partial charge < -0.3 is 14.9 Å². The van der Waals surface area contributed by atoms with Crippen LogP contribution in [0.3, 0.4) is 0 Å². The molecule has 0 fully saturated rings. The van der Waals surface area contributed by atoms with Crippen molar-refractivity contribution in [2.75, 3.05) is 0 Å². The third kappa shape index (κ3) is 23.4. The zero-order valence-corrected chi connectivity index (χ0v) is 31.2. The van der Waals surface area contributed by atoms with Crippen LogP contribution in [0.25, 0.3) is 0 Å². The molecule has 260 valence electrons. The summed E-state index contributed by atoms with van der Waals surface area (Å²) in [5.41, 5.74) is 0. The third-order valence-corrected chi connectivity index (χ3v) is 10.4. The summed E-state index contributed by atoms with van der Waals surface area (Å²) in [5, 5.41) is 21.4. The minimum absolute atomic E-state index is 0.0348. The Morgan fingerprint density at radius 2 is 0.721 bits per heavy atom. The number of hydrogen-bond acceptors (Lipinski definition) is 3. The van der Waals surface area contributed by atoms with Gasteiger partial charge in [0.25, 0.3) is 0 Å². The molecule has 5 heteroatoms. The molecule has 0 saturated heterocycles. The molecule has 0 spiro atoms. The van der Waals surface area contributed by atoms with Crippen molar-refractivity contribution < 1.29 is 14.9 Å². The summed E-state index contributed by atoms with van der Waals surface area (Å²) in [6, 6.07) is 0. The van der Waals surface area contributed by atoms with Crippen LogP contribution in [0.1, 0.15) is 196 Å². The van der Waals surface area contributed by atoms with Gasteiger partial charge in [-0.15, -0.1) is 23.2 Å². The van der Waals surface area contributed by atoms with Crippen LogP contribution in [0.15, 0.2) is 0 Å². The molecule has 8 unspecified atom stereocenters. The molecule has 0 aliphatic carbocycles. The van der Waals surface area contributed by atoms with Gasteiger partial charge in [0.15, 0.2) is 0 Å². The smallest absolute Gasteiger partial charge is 0.0645 e. The van der Waals surface area contributed by atoms with E-state index in [4.69, 9.17) is 27.9 Å². The summed E-state index contributed by atoms with van der Waals surface area (Å²) in [5.74, 6) is 0.388. The summed E-state index contributed by atoms with van der Waals surface area (Å²) in [7, 11) is 0. The summed E-state index contributed by atoms with van der Waals surface area (Å²) < 4.78 is 7.15. The molecule has 8 atom stereocenters. The van der Waals surface area contributed by atoms with Gasteiger partial charge in [-0.2, -0.15) is 0 Å². The molecule has 0 rings (SSSR count). The number of aliphatic hydroxyl groups is 2. The van der Waals surface area contributed by atoms with Crippen molar-refractivity contribution in [3.05, 3.63) is 0 Å². The lowest BCUT2D eigenvalue weighted by molar-refractivity contribution is -0.102. The Labute approximate surface area is 280 Å². The second kappa shape index (κ2) is 29.8. The van der Waals surface area contributed by atoms with E-state index in [1.807, 2.05) is 13.8 Å². The number of unbranched alkanes of at least 4 members (excludes halogenated alkanes) is 14. The van der Waals surface area contributed by atoms with Gasteiger partial charge in [0, 0.05) is 22.6 Å². The SMILES string of the molecule is CCCCCCCC(Cl)C(CCCCCC)C(CC(C)O)OC(CC(C)O)C(CCCCCC)C(Cl)CCCCCCC. The highest BCUT2D eigenvalue weighted by molar-refractivity contribution is 6.21. The number of rotatable bonds is 32. The van der Waals surface area contributed by atoms with Crippen LogP contribution in [0, 0.1) is 11.8 Å². The monoisotopic (exact) mass is 651 g/mol. The van der Waals surface area contributed by atoms with E-state index >= 15 is 0 Å². The molecule has 43 heavy (non-hydrogen) atoms. The average molecular weight is 652 g/mol. The second-order valence-corrected chi connectivity index (χ2v) is 15.0. The predicted molar refractivity (Wildman–Crippen MR) is 192 cm³/mol. The van der Waals surface area contributed by atoms with Crippen LogP contribution in [0.2, 0.25) is 0 Å². The zero-order valence-electron chi connectivity index (χ0n) is 29.6. The van der Waals surface area contributed by atoms with Crippen LogP contribution >= 0.6 is 23.2 Å². The molecule has 0 aromatic heterocycles. The van der Waals surface area contributed by atoms with E-state index in [0.29, 0.717) is 12.8 Å². The first kappa shape index (κ1) is 43.5. The van der Waals surface area contributed by atoms with Gasteiger partial charge >= 0.3 is 0 Å². The fourth-order valence-corrected chi connectivity index (χ4v) is 7.57. The molecule has 0 radical (unpaired) electrons. The lowest BCUT2D eigenvalue weighted by Gasteiger charge is -2.39. The molecule has 0 amide bonds. The molecule has 0 heterocycles. The first-order chi connectivity index (χ1) is 20.7. The zero-order chi connectivity index (χ0) is 32.3. The van der Waals surface area contributed by atoms with E-state index in [2.05, 4.69) is 27.7 Å². The standard InChI is InChI=1S/C38H76Cl2O3/c1-7-11-15-19-23-27-35(39)33(25-21-17-13-9-3)37(29-31(5)41)43-38(30-32(6)42)34(26-22-18-14-10-4)36(40)28-24-20-16-12-8-2/h31-38,41-42H,7-30H2,1-6H3. The molecular formula is C38H76Cl2O3. The van der Waals surface area contributed by atoms with Crippen LogP contribution in [-0.2, 0) is 4.74 Å². The Morgan fingerprint density at radius 3 is 1.02 bits per heavy atom. The molecule has 2 N–H and O–H groups in total. The molecule has 0 aliphatic heterocycles. The fourth-order valence-electron chi connectivity index (χ4n) is 6.69. The number of aliphatic hydroxyl groups excluding tert-OH is 2. The van der Waals surface area contributed by atoms with Crippen LogP contribution < -0.4 is 0 Å². The van der Waals surface area contributed by atoms with Gasteiger partial charge in [-0.3, -0.25) is 0 Å². The van der Waals surface area contributed by atoms with Crippen molar-refractivity contribution in [3.63, 3.8) is 0 Å². The van der Waals surface area contributed by atoms with Crippen LogP contribution in [0.4, 0.5) is 0 Å². The van der Waals surface area contributed by atoms with Crippen molar-refractivity contribution in [3.8, 4) is 0 Å². The number of halogens is 2. The summed E-state index contributed by atoms with van der Waals surface area (Å²) >= 11 is 14.5. The summed E-state index contributed by atoms with van der Waals surface area (Å²) in [6.45, 7) is 12.8. The highest BCUT2D eigenvalue weighted by Gasteiger charge is 2.36. The first-order valence-electron chi connectivity index (χ1n) is 19.0. The van der Waals surface area contributed by atoms with Crippen molar-refractivity contribution in [1.82, 2.24) is 0 Å². The highest BCUT2D eigenvalue weighted by Crippen LogP contribution is 2.36. The topological polar surface area (TPSA) is 49.7 Å². The Morgan fingerprint density at radius 1 is 0.442 bits per heavy atom. The van der Waals surface area contributed by atoms with E-state index in [1.54, 1.807) is 0 Å². The van der Waals surface area contributed by atoms with E-state index in [0.717, 1.165) is 51.4 Å². The molecule has 0 bridgehead atoms. The van der Waals surface area contributed by atoms with Gasteiger partial charge in [-0.1, -0.05) is 143 Å². The Bertz CT molecular complexity index is 525. The van der Waals surface area contributed by atoms with Crippen LogP contribution in [-0.4, -0.2) is 45.4 Å². The quantitative estimate of drug-likeness (QED) is 0.0562. The van der Waals surface area contributed by atoms with Crippen molar-refractivity contribution in [2.24, 2.45) is 11.8 Å². The first-order valence-corrected chi connectivity index (χ1v) is 19.9. The van der Waals surface area contributed by atoms with Crippen molar-refractivity contribution >= 4 is 23.2 Å². The molecule has 3 nitrogen and oxygen atoms in total. The Kier molecular flexibility index (Phi) is 30.2. The lowest BCUT2D eigenvalue weighted by Crippen LogP contribution is -2.42. The molecule has 0 aromatic rings. The number of hydrogen-bond donors (Lipinski definition) is 2. The van der Waals surface area contributed by atoms with Gasteiger partial charge in [0.2, 0.25) is 0 Å². The maximum absolute atomic E-state index is 10.7. The summed E-state index contributed by atoms with van der Waals surface area (Å²) in [6.07, 6.45) is 26.1. The highest BCUT2D eigenvalue weighted by atomic mass is 35.5. The average Bonchev–Trinajstić information content (AvgIpc) is 2.95. The lowest BCUT2D eigenvalue weighted by atomic mass is 9.84. The fraction of sp³-hybridized carbons (Fsp3) is 1.00. The molecule has 0 saturated carbocycles. The normalized spacial score (nSPS) is 17.7. The van der Waals surface area contributed by atoms with Gasteiger partial charge in [-0.05, 0) is 52.4 Å². The molecule has 0 aromatic carbocycles. The van der Waals surface area contributed by atoms with Gasteiger partial charge in [0.1, 0.15) is 0 Å². The van der Waals surface area contributed by atoms with E-state index in [9.17, 15) is 10.2 Å². The minimum atomic E-state index is -0.461. The minimum Gasteiger partial charge on any atom is -0.393 e. The van der Waals surface area contributed by atoms with E-state index in [-0.39, 0.29) is 34.8 Å². The predicted octanol–water partition coefficient (Wildman–Crippen LogP) is 12.4. The maximum Gasteiger partial charge on any atom is 0.0645 e. The maximum atomic E-state index is 10.7. The van der Waals surface area contributed by atoms with Crippen molar-refractivity contribution in [1.29, 1.82) is 0 Å². The van der Waals surface area contributed by atoms with Gasteiger partial charge in [0.05, 0.1) is 24.4 Å². The largest absolute Gasteiger partial charge is 0.393 e. The third-order valence-electron chi connectivity index (χ3n) is 9.33. The Hall–Kier alpha value is 0.460. The Balaban J connectivity index is 6.01. The van der Waals surface area contributed by atoms with E-state index < -0.39 is 12.2 Å².